The molecule has 2 aliphatic carbocycles. The Labute approximate surface area is 117 Å². The number of hydrogen-bond donors (Lipinski definition) is 0. The number of carbonyl (C=O) groups is 3. The van der Waals surface area contributed by atoms with Crippen molar-refractivity contribution in [2.24, 2.45) is 11.8 Å². The lowest BCUT2D eigenvalue weighted by atomic mass is 10.1. The number of hydrogen-bond acceptors (Lipinski definition) is 5. The molecule has 0 aromatic rings. The topological polar surface area (TPSA) is 66.9 Å². The number of ether oxygens (including phenoxy) is 1. The first-order chi connectivity index (χ1) is 9.65. The molecule has 0 aromatic heterocycles. The average Bonchev–Trinajstić information content (AvgIpc) is 2.75. The Hall–Kier alpha value is -1.27. The second-order valence-electron chi connectivity index (χ2n) is 6.17. The van der Waals surface area contributed by atoms with E-state index in [2.05, 4.69) is 4.90 Å². The Balaban J connectivity index is 1.70. The first-order valence-electron chi connectivity index (χ1n) is 7.36. The summed E-state index contributed by atoms with van der Waals surface area (Å²) in [6.07, 6.45) is 1.66. The largest absolute Gasteiger partial charge is 0.379 e. The molecule has 0 N–H and O–H groups in total. The number of carbonyl (C=O) groups excluding carboxylic acids is 3. The van der Waals surface area contributed by atoms with Crippen LogP contribution in [0.3, 0.4) is 0 Å². The van der Waals surface area contributed by atoms with Crippen LogP contribution in [0.4, 0.5) is 0 Å². The van der Waals surface area contributed by atoms with Crippen molar-refractivity contribution in [2.45, 2.75) is 31.3 Å². The summed E-state index contributed by atoms with van der Waals surface area (Å²) >= 11 is 0. The van der Waals surface area contributed by atoms with E-state index in [-0.39, 0.29) is 29.4 Å². The number of nitrogens with zero attached hydrogens (tertiary/aromatic N) is 2. The van der Waals surface area contributed by atoms with Crippen molar-refractivity contribution in [1.82, 2.24) is 9.80 Å². The van der Waals surface area contributed by atoms with E-state index in [1.54, 1.807) is 0 Å². The van der Waals surface area contributed by atoms with E-state index >= 15 is 0 Å². The average molecular weight is 278 g/mol. The molecule has 4 fully saturated rings. The van der Waals surface area contributed by atoms with Crippen LogP contribution >= 0.6 is 0 Å². The Morgan fingerprint density at radius 2 is 1.50 bits per heavy atom. The van der Waals surface area contributed by atoms with Gasteiger partial charge in [0.15, 0.2) is 0 Å². The zero-order valence-electron chi connectivity index (χ0n) is 11.3. The smallest absolute Gasteiger partial charge is 0.231 e. The molecule has 2 saturated carbocycles. The van der Waals surface area contributed by atoms with Crippen LogP contribution in [0.5, 0.6) is 0 Å². The molecule has 1 unspecified atom stereocenters. The van der Waals surface area contributed by atoms with Crippen molar-refractivity contribution in [3.63, 3.8) is 0 Å². The highest BCUT2D eigenvalue weighted by atomic mass is 16.5. The zero-order valence-corrected chi connectivity index (χ0v) is 11.3. The molecule has 0 aromatic carbocycles. The van der Waals surface area contributed by atoms with E-state index in [1.165, 1.54) is 4.90 Å². The molecule has 4 aliphatic rings. The number of rotatable bonds is 2. The van der Waals surface area contributed by atoms with E-state index < -0.39 is 5.66 Å². The van der Waals surface area contributed by atoms with Gasteiger partial charge in [-0.15, -0.1) is 0 Å². The molecule has 20 heavy (non-hydrogen) atoms. The first kappa shape index (κ1) is 12.5. The van der Waals surface area contributed by atoms with Crippen LogP contribution in [-0.2, 0) is 19.1 Å². The van der Waals surface area contributed by atoms with Crippen molar-refractivity contribution in [2.75, 3.05) is 26.3 Å². The summed E-state index contributed by atoms with van der Waals surface area (Å²) in [5, 5.41) is 0. The normalized spacial score (nSPS) is 41.4. The van der Waals surface area contributed by atoms with Gasteiger partial charge >= 0.3 is 0 Å². The number of morpholine rings is 1. The summed E-state index contributed by atoms with van der Waals surface area (Å²) in [5.74, 6) is 0.438. The standard InChI is InChI=1S/C14H18N2O4/c17-9-7-10-11(8-9)14(10,15-3-5-20-6-4-15)16-12(18)1-2-13(16)19/h10-11H,1-8H2/t10-,11+,14?. The number of Topliss-reactive ketones (excluding diaryl/α,β-unsaturated/α-hetero) is 1. The lowest BCUT2D eigenvalue weighted by Crippen LogP contribution is -2.59. The third-order valence-corrected chi connectivity index (χ3v) is 5.29. The molecule has 2 heterocycles. The van der Waals surface area contributed by atoms with Crippen LogP contribution in [-0.4, -0.2) is 59.4 Å². The minimum atomic E-state index is -0.498. The second kappa shape index (κ2) is 4.11. The molecule has 2 saturated heterocycles. The lowest BCUT2D eigenvalue weighted by molar-refractivity contribution is -0.154. The maximum absolute atomic E-state index is 12.2. The van der Waals surface area contributed by atoms with Gasteiger partial charge in [-0.05, 0) is 0 Å². The minimum absolute atomic E-state index is 0.0664. The number of fused-ring (bicyclic) bond motifs is 1. The van der Waals surface area contributed by atoms with Crippen LogP contribution in [0.2, 0.25) is 0 Å². The van der Waals surface area contributed by atoms with E-state index in [9.17, 15) is 14.4 Å². The molecule has 2 amide bonds. The Kier molecular flexibility index (Phi) is 2.57. The Morgan fingerprint density at radius 1 is 0.950 bits per heavy atom. The monoisotopic (exact) mass is 278 g/mol. The highest BCUT2D eigenvalue weighted by Crippen LogP contribution is 2.65. The molecule has 4 rings (SSSR count). The third kappa shape index (κ3) is 1.43. The predicted molar refractivity (Wildman–Crippen MR) is 67.4 cm³/mol. The van der Waals surface area contributed by atoms with Gasteiger partial charge in [-0.3, -0.25) is 24.2 Å². The molecule has 0 spiro atoms. The van der Waals surface area contributed by atoms with Gasteiger partial charge < -0.3 is 4.74 Å². The molecule has 6 nitrogen and oxygen atoms in total. The molecule has 0 bridgehead atoms. The van der Waals surface area contributed by atoms with Gasteiger partial charge in [-0.25, -0.2) is 0 Å². The van der Waals surface area contributed by atoms with Crippen LogP contribution in [0.25, 0.3) is 0 Å². The van der Waals surface area contributed by atoms with Crippen molar-refractivity contribution < 1.29 is 19.1 Å². The molecule has 108 valence electrons. The minimum Gasteiger partial charge on any atom is -0.379 e. The lowest BCUT2D eigenvalue weighted by Gasteiger charge is -2.42. The first-order valence-corrected chi connectivity index (χ1v) is 7.36. The number of amides is 2. The van der Waals surface area contributed by atoms with Crippen LogP contribution in [0.15, 0.2) is 0 Å². The third-order valence-electron chi connectivity index (χ3n) is 5.29. The van der Waals surface area contributed by atoms with Crippen LogP contribution < -0.4 is 0 Å². The fourth-order valence-corrected chi connectivity index (χ4v) is 4.50. The molecule has 6 heteroatoms. The van der Waals surface area contributed by atoms with Crippen LogP contribution in [0.1, 0.15) is 25.7 Å². The van der Waals surface area contributed by atoms with Gasteiger partial charge in [0.1, 0.15) is 11.4 Å². The maximum Gasteiger partial charge on any atom is 0.231 e. The number of ketones is 1. The molecular formula is C14H18N2O4. The van der Waals surface area contributed by atoms with E-state index in [0.29, 0.717) is 38.9 Å². The van der Waals surface area contributed by atoms with E-state index in [1.807, 2.05) is 0 Å². The molecule has 2 aliphatic heterocycles. The Morgan fingerprint density at radius 3 is 2.05 bits per heavy atom. The van der Waals surface area contributed by atoms with E-state index in [4.69, 9.17) is 4.74 Å². The van der Waals surface area contributed by atoms with Crippen molar-refractivity contribution in [3.8, 4) is 0 Å². The van der Waals surface area contributed by atoms with Gasteiger partial charge in [0, 0.05) is 50.6 Å². The SMILES string of the molecule is O=C1C[C@@H]2[C@H](C1)C2(N1CCOCC1)N1C(=O)CCC1=O. The Bertz CT molecular complexity index is 467. The summed E-state index contributed by atoms with van der Waals surface area (Å²) in [7, 11) is 0. The summed E-state index contributed by atoms with van der Waals surface area (Å²) in [5.41, 5.74) is -0.498. The van der Waals surface area contributed by atoms with Gasteiger partial charge in [-0.2, -0.15) is 0 Å². The summed E-state index contributed by atoms with van der Waals surface area (Å²) in [6, 6.07) is 0. The predicted octanol–water partition coefficient (Wildman–Crippen LogP) is -0.227. The van der Waals surface area contributed by atoms with Gasteiger partial charge in [-0.1, -0.05) is 0 Å². The zero-order chi connectivity index (χ0) is 13.9. The number of likely N-dealkylation sites (tertiary alicyclic amines) is 1. The quantitative estimate of drug-likeness (QED) is 0.653. The summed E-state index contributed by atoms with van der Waals surface area (Å²) in [6.45, 7) is 2.73. The highest BCUT2D eigenvalue weighted by molar-refractivity contribution is 6.03. The molecular weight excluding hydrogens is 260 g/mol. The van der Waals surface area contributed by atoms with Crippen LogP contribution in [0, 0.1) is 11.8 Å². The van der Waals surface area contributed by atoms with E-state index in [0.717, 1.165) is 13.1 Å². The van der Waals surface area contributed by atoms with Crippen molar-refractivity contribution in [3.05, 3.63) is 0 Å². The maximum atomic E-state index is 12.2. The molecule has 0 radical (unpaired) electrons. The summed E-state index contributed by atoms with van der Waals surface area (Å²) < 4.78 is 5.39. The van der Waals surface area contributed by atoms with Gasteiger partial charge in [0.05, 0.1) is 13.2 Å². The second-order valence-corrected chi connectivity index (χ2v) is 6.17. The fourth-order valence-electron chi connectivity index (χ4n) is 4.50. The molecule has 3 atom stereocenters. The highest BCUT2D eigenvalue weighted by Gasteiger charge is 2.76. The van der Waals surface area contributed by atoms with Gasteiger partial charge in [0.2, 0.25) is 11.8 Å². The summed E-state index contributed by atoms with van der Waals surface area (Å²) in [4.78, 5) is 39.7. The van der Waals surface area contributed by atoms with Gasteiger partial charge in [0.25, 0.3) is 0 Å². The number of imide groups is 1. The van der Waals surface area contributed by atoms with Crippen molar-refractivity contribution >= 4 is 17.6 Å². The fraction of sp³-hybridized carbons (Fsp3) is 0.786. The van der Waals surface area contributed by atoms with Crippen molar-refractivity contribution in [1.29, 1.82) is 0 Å².